The summed E-state index contributed by atoms with van der Waals surface area (Å²) in [4.78, 5) is 58.2. The van der Waals surface area contributed by atoms with Crippen LogP contribution in [0.5, 0.6) is 23.0 Å². The number of hydrogen-bond donors (Lipinski definition) is 5. The Morgan fingerprint density at radius 1 is 0.562 bits per heavy atom. The van der Waals surface area contributed by atoms with Gasteiger partial charge in [-0.05, 0) is 86.8 Å². The van der Waals surface area contributed by atoms with Crippen LogP contribution in [-0.2, 0) is 80.1 Å². The Kier molecular flexibility index (Phi) is 21.3. The van der Waals surface area contributed by atoms with Gasteiger partial charge in [0.05, 0.1) is 91.5 Å². The first-order chi connectivity index (χ1) is 42.9. The predicted molar refractivity (Wildman–Crippen MR) is 310 cm³/mol. The molecule has 4 aromatic rings. The maximum absolute atomic E-state index is 14.2. The molecule has 12 rings (SSSR count). The molecule has 10 atom stereocenters. The van der Waals surface area contributed by atoms with Crippen molar-refractivity contribution in [2.45, 2.75) is 148 Å². The standard InChI is InChI=1S/C30H39N2O13PS.C29H36N2O10S/c33-30(43-28-19-42-29-23(28)12-13-41-29)31-24(16-20-6-2-1-3-7-20)27(45-46(34,35)36)18-32(44-21-8-4-5-9-21)47(37,38)22-10-11-25-26(17-22)40-15-14-39-25;32-24(16-31(41-20-8-4-5-9-20)42(34,35)21-10-11-25-26(15-21)39-18-38-25)23(14-19-6-2-1-3-7-19)30-29(33)40-27-17-37-28-22(27)12-13-36-28/h1-3,6-7,10-11,17,21,23-24,27-29H,4-5,8-9,12-16,18-19H2,(H,31,33)(H2,34,35,36);1-3,6-7,10-11,15,20,22-24,27-28,32H,4-5,8-9,12-14,16-18H2,(H,30,33)/t23-,24-,27+,28?,29+;22-,23-,24+,27?,28+/m00/s1. The molecule has 2 saturated carbocycles. The van der Waals surface area contributed by atoms with Crippen LogP contribution in [0.3, 0.4) is 0 Å². The fraction of sp³-hybridized carbons (Fsp3) is 0.559. The number of phosphoric acid groups is 1. The second-order valence-electron chi connectivity index (χ2n) is 22.8. The molecule has 27 nitrogen and oxygen atoms in total. The van der Waals surface area contributed by atoms with Crippen molar-refractivity contribution in [3.05, 3.63) is 108 Å². The number of hydroxylamine groups is 2. The smallest absolute Gasteiger partial charge is 0.469 e. The number of alkyl carbamates (subject to hydrolysis) is 2. The zero-order chi connectivity index (χ0) is 62.1. The number of aliphatic hydroxyl groups excluding tert-OH is 1. The van der Waals surface area contributed by atoms with Crippen molar-refractivity contribution in [2.24, 2.45) is 11.8 Å². The van der Waals surface area contributed by atoms with Crippen molar-refractivity contribution in [1.82, 2.24) is 19.6 Å². The average Bonchev–Trinajstić information content (AvgIpc) is 2.25. The highest BCUT2D eigenvalue weighted by Crippen LogP contribution is 2.42. The topological polar surface area (TPSA) is 331 Å². The summed E-state index contributed by atoms with van der Waals surface area (Å²) in [6.07, 6.45) is 0.458. The van der Waals surface area contributed by atoms with Gasteiger partial charge in [0.15, 0.2) is 35.6 Å². The Morgan fingerprint density at radius 2 is 1.01 bits per heavy atom. The number of fused-ring (bicyclic) bond motifs is 4. The molecule has 2 aliphatic carbocycles. The maximum atomic E-state index is 14.2. The highest BCUT2D eigenvalue weighted by Gasteiger charge is 2.47. The number of sulfonamides is 2. The number of nitrogens with zero attached hydrogens (tertiary/aromatic N) is 2. The van der Waals surface area contributed by atoms with E-state index < -0.39 is 102 Å². The van der Waals surface area contributed by atoms with E-state index in [0.717, 1.165) is 42.1 Å². The van der Waals surface area contributed by atoms with Gasteiger partial charge in [-0.2, -0.15) is 0 Å². The molecule has 0 spiro atoms. The number of rotatable bonds is 24. The summed E-state index contributed by atoms with van der Waals surface area (Å²) in [5.74, 6) is 1.19. The van der Waals surface area contributed by atoms with Crippen LogP contribution in [-0.4, -0.2) is 174 Å². The number of nitrogens with one attached hydrogen (secondary N) is 2. The summed E-state index contributed by atoms with van der Waals surface area (Å²) in [7, 11) is -13.9. The Hall–Kier alpha value is -5.73. The lowest BCUT2D eigenvalue weighted by atomic mass is 10.0. The van der Waals surface area contributed by atoms with Crippen LogP contribution in [0, 0.1) is 11.8 Å². The van der Waals surface area contributed by atoms with Gasteiger partial charge in [-0.15, -0.1) is 0 Å². The molecule has 8 aliphatic rings. The van der Waals surface area contributed by atoms with Gasteiger partial charge in [-0.1, -0.05) is 95.3 Å². The van der Waals surface area contributed by atoms with Crippen LogP contribution in [0.4, 0.5) is 9.59 Å². The molecule has 6 fully saturated rings. The molecule has 4 saturated heterocycles. The molecule has 0 aromatic heterocycles. The Labute approximate surface area is 515 Å². The molecule has 486 valence electrons. The second kappa shape index (κ2) is 29.3. The number of phosphoric ester groups is 1. The molecule has 2 unspecified atom stereocenters. The first-order valence-electron chi connectivity index (χ1n) is 30.0. The molecule has 5 N–H and O–H groups in total. The van der Waals surface area contributed by atoms with Crippen LogP contribution in [0.25, 0.3) is 0 Å². The third-order valence-corrected chi connectivity index (χ3v) is 20.5. The lowest BCUT2D eigenvalue weighted by molar-refractivity contribution is -0.145. The van der Waals surface area contributed by atoms with Crippen LogP contribution < -0.4 is 29.6 Å². The number of aliphatic hydroxyl groups is 1. The number of amides is 2. The van der Waals surface area contributed by atoms with E-state index in [4.69, 9.17) is 61.6 Å². The molecule has 89 heavy (non-hydrogen) atoms. The van der Waals surface area contributed by atoms with Crippen molar-refractivity contribution >= 4 is 40.1 Å². The zero-order valence-electron chi connectivity index (χ0n) is 48.7. The monoisotopic (exact) mass is 1300 g/mol. The van der Waals surface area contributed by atoms with Crippen molar-refractivity contribution in [3.63, 3.8) is 0 Å². The van der Waals surface area contributed by atoms with Gasteiger partial charge in [-0.3, -0.25) is 14.2 Å². The highest BCUT2D eigenvalue weighted by molar-refractivity contribution is 7.89. The molecule has 30 heteroatoms. The zero-order valence-corrected chi connectivity index (χ0v) is 51.2. The Balaban J connectivity index is 0.000000185. The fourth-order valence-corrected chi connectivity index (χ4v) is 15.2. The van der Waals surface area contributed by atoms with Gasteiger partial charge in [0.1, 0.15) is 31.5 Å². The summed E-state index contributed by atoms with van der Waals surface area (Å²) in [5.41, 5.74) is 1.53. The van der Waals surface area contributed by atoms with E-state index in [2.05, 4.69) is 10.6 Å². The third-order valence-electron chi connectivity index (χ3n) is 16.7. The van der Waals surface area contributed by atoms with E-state index in [1.807, 2.05) is 30.3 Å². The minimum absolute atomic E-state index is 0.00415. The van der Waals surface area contributed by atoms with Gasteiger partial charge >= 0.3 is 20.0 Å². The molecular weight excluding hydrogens is 1230 g/mol. The van der Waals surface area contributed by atoms with Gasteiger partial charge in [0.2, 0.25) is 6.79 Å². The van der Waals surface area contributed by atoms with E-state index in [9.17, 15) is 45.9 Å². The molecule has 4 aromatic carbocycles. The molecule has 0 radical (unpaired) electrons. The van der Waals surface area contributed by atoms with Crippen LogP contribution in [0.1, 0.15) is 75.3 Å². The first-order valence-corrected chi connectivity index (χ1v) is 34.4. The van der Waals surface area contributed by atoms with E-state index in [-0.39, 0.29) is 79.2 Å². The van der Waals surface area contributed by atoms with Gasteiger partial charge in [0.25, 0.3) is 20.0 Å². The normalized spacial score (nSPS) is 24.6. The summed E-state index contributed by atoms with van der Waals surface area (Å²) < 4.78 is 131. The number of carbonyl (C=O) groups is 2. The van der Waals surface area contributed by atoms with Gasteiger partial charge < -0.3 is 72.9 Å². The number of carbonyl (C=O) groups excluding carboxylic acids is 2. The van der Waals surface area contributed by atoms with Crippen molar-refractivity contribution in [2.75, 3.05) is 59.5 Å². The molecule has 2 amide bonds. The minimum Gasteiger partial charge on any atom is -0.486 e. The molecule has 0 bridgehead atoms. The first kappa shape index (κ1) is 64.8. The SMILES string of the molecule is O=C(N[C@@H](Cc1ccccc1)[C@@H](CN(OC1CCCC1)S(=O)(=O)c1ccc2c(c1)OCCO2)OP(=O)(O)O)OC1CO[C@H]2OCC[C@@H]12.O=C(N[C@@H](Cc1ccccc1)[C@H](O)CN(OC1CCCC1)S(=O)(=O)c1ccc2c(c1)OCO2)OC1CO[C@H]2OCC[C@@H]12. The lowest BCUT2D eigenvalue weighted by Gasteiger charge is -2.33. The van der Waals surface area contributed by atoms with Crippen molar-refractivity contribution in [1.29, 1.82) is 0 Å². The fourth-order valence-electron chi connectivity index (χ4n) is 12.0. The second-order valence-corrected chi connectivity index (χ2v) is 27.7. The van der Waals surface area contributed by atoms with Crippen LogP contribution >= 0.6 is 7.82 Å². The number of ether oxygens (including phenoxy) is 10. The molecule has 6 aliphatic heterocycles. The third kappa shape index (κ3) is 16.7. The Bertz CT molecular complexity index is 3310. The van der Waals surface area contributed by atoms with Crippen LogP contribution in [0.2, 0.25) is 0 Å². The van der Waals surface area contributed by atoms with Gasteiger partial charge in [-0.25, -0.2) is 31.0 Å². The highest BCUT2D eigenvalue weighted by atomic mass is 32.2. The molecule has 6 heterocycles. The van der Waals surface area contributed by atoms with E-state index in [0.29, 0.717) is 79.2 Å². The summed E-state index contributed by atoms with van der Waals surface area (Å²) in [6, 6.07) is 24.6. The minimum atomic E-state index is -5.24. The largest absolute Gasteiger partial charge is 0.486 e. The van der Waals surface area contributed by atoms with Crippen LogP contribution in [0.15, 0.2) is 107 Å². The quantitative estimate of drug-likeness (QED) is 0.0418. The summed E-state index contributed by atoms with van der Waals surface area (Å²) in [6.45, 7) is 0.833. The maximum Gasteiger partial charge on any atom is 0.469 e. The Morgan fingerprint density at radius 3 is 1.53 bits per heavy atom. The van der Waals surface area contributed by atoms with E-state index >= 15 is 0 Å². The van der Waals surface area contributed by atoms with Crippen molar-refractivity contribution < 1.29 is 107 Å². The number of benzene rings is 4. The molecular formula is C59H75N4O23PS2. The predicted octanol–water partition coefficient (Wildman–Crippen LogP) is 5.64. The van der Waals surface area contributed by atoms with Gasteiger partial charge in [0, 0.05) is 12.1 Å². The summed E-state index contributed by atoms with van der Waals surface area (Å²) in [5, 5.41) is 17.0. The van der Waals surface area contributed by atoms with E-state index in [1.165, 1.54) is 36.4 Å². The number of hydrogen-bond acceptors (Lipinski definition) is 21. The van der Waals surface area contributed by atoms with Crippen molar-refractivity contribution in [3.8, 4) is 23.0 Å². The average molecular weight is 1300 g/mol. The van der Waals surface area contributed by atoms with E-state index in [1.54, 1.807) is 30.3 Å². The lowest BCUT2D eigenvalue weighted by Crippen LogP contribution is -2.52. The summed E-state index contributed by atoms with van der Waals surface area (Å²) >= 11 is 0.